The topological polar surface area (TPSA) is 66.4 Å². The highest BCUT2D eigenvalue weighted by atomic mass is 35.5. The Balaban J connectivity index is 2.33. The summed E-state index contributed by atoms with van der Waals surface area (Å²) in [6.45, 7) is 0. The Hall–Kier alpha value is -2.47. The molecule has 21 heavy (non-hydrogen) atoms. The fourth-order valence-electron chi connectivity index (χ4n) is 1.62. The van der Waals surface area contributed by atoms with Crippen LogP contribution in [-0.2, 0) is 0 Å². The second kappa shape index (κ2) is 5.88. The highest BCUT2D eigenvalue weighted by molar-refractivity contribution is 6.34. The predicted molar refractivity (Wildman–Crippen MR) is 72.7 cm³/mol. The summed E-state index contributed by atoms with van der Waals surface area (Å²) in [6.07, 6.45) is 0. The van der Waals surface area contributed by atoms with E-state index in [1.807, 2.05) is 0 Å². The number of aromatic carboxylic acids is 1. The Labute approximate surface area is 123 Å². The number of rotatable bonds is 3. The van der Waals surface area contributed by atoms with Crippen molar-refractivity contribution in [1.82, 2.24) is 0 Å². The molecule has 0 unspecified atom stereocenters. The summed E-state index contributed by atoms with van der Waals surface area (Å²) < 4.78 is 26.5. The monoisotopic (exact) mass is 311 g/mol. The van der Waals surface area contributed by atoms with E-state index in [1.54, 1.807) is 0 Å². The van der Waals surface area contributed by atoms with Gasteiger partial charge in [-0.2, -0.15) is 0 Å². The summed E-state index contributed by atoms with van der Waals surface area (Å²) >= 11 is 5.83. The normalized spacial score (nSPS) is 10.2. The largest absolute Gasteiger partial charge is 0.478 e. The maximum absolute atomic E-state index is 13.5. The summed E-state index contributed by atoms with van der Waals surface area (Å²) in [7, 11) is 0. The molecule has 0 bridgehead atoms. The molecule has 0 aromatic heterocycles. The number of nitrogens with one attached hydrogen (secondary N) is 1. The molecule has 0 spiro atoms. The number of hydrogen-bond acceptors (Lipinski definition) is 2. The average molecular weight is 312 g/mol. The molecule has 0 aliphatic heterocycles. The van der Waals surface area contributed by atoms with E-state index in [0.29, 0.717) is 0 Å². The second-order valence-corrected chi connectivity index (χ2v) is 4.49. The van der Waals surface area contributed by atoms with Gasteiger partial charge in [0.05, 0.1) is 21.8 Å². The molecule has 7 heteroatoms. The third kappa shape index (κ3) is 3.35. The number of amides is 1. The van der Waals surface area contributed by atoms with Crippen molar-refractivity contribution >= 4 is 29.2 Å². The number of anilines is 1. The van der Waals surface area contributed by atoms with Crippen molar-refractivity contribution in [2.45, 2.75) is 0 Å². The lowest BCUT2D eigenvalue weighted by Crippen LogP contribution is -2.15. The quantitative estimate of drug-likeness (QED) is 0.910. The second-order valence-electron chi connectivity index (χ2n) is 4.08. The number of carboxylic acids is 1. The van der Waals surface area contributed by atoms with Gasteiger partial charge < -0.3 is 10.4 Å². The first-order valence-corrected chi connectivity index (χ1v) is 6.05. The van der Waals surface area contributed by atoms with E-state index in [-0.39, 0.29) is 16.3 Å². The molecule has 0 fully saturated rings. The lowest BCUT2D eigenvalue weighted by atomic mass is 10.1. The van der Waals surface area contributed by atoms with Gasteiger partial charge in [-0.3, -0.25) is 4.79 Å². The number of carboxylic acid groups (broad SMARTS) is 1. The fraction of sp³-hybridized carbons (Fsp3) is 0. The number of carbonyl (C=O) groups is 2. The van der Waals surface area contributed by atoms with Crippen LogP contribution in [0.5, 0.6) is 0 Å². The number of benzene rings is 2. The van der Waals surface area contributed by atoms with Crippen molar-refractivity contribution < 1.29 is 23.5 Å². The summed E-state index contributed by atoms with van der Waals surface area (Å²) in [4.78, 5) is 22.8. The van der Waals surface area contributed by atoms with Crippen molar-refractivity contribution in [1.29, 1.82) is 0 Å². The molecule has 4 nitrogen and oxygen atoms in total. The molecule has 0 heterocycles. The summed E-state index contributed by atoms with van der Waals surface area (Å²) in [5.74, 6) is -3.82. The van der Waals surface area contributed by atoms with Crippen molar-refractivity contribution in [3.8, 4) is 0 Å². The molecular weight excluding hydrogens is 304 g/mol. The molecule has 0 radical (unpaired) electrons. The van der Waals surface area contributed by atoms with Gasteiger partial charge in [0, 0.05) is 0 Å². The minimum atomic E-state index is -1.21. The van der Waals surface area contributed by atoms with Gasteiger partial charge >= 0.3 is 5.97 Å². The number of halogens is 3. The van der Waals surface area contributed by atoms with Crippen LogP contribution in [0.3, 0.4) is 0 Å². The van der Waals surface area contributed by atoms with Crippen LogP contribution in [0.4, 0.5) is 14.5 Å². The summed E-state index contributed by atoms with van der Waals surface area (Å²) in [6, 6.07) is 6.09. The Morgan fingerprint density at radius 3 is 2.48 bits per heavy atom. The smallest absolute Gasteiger partial charge is 0.335 e. The lowest BCUT2D eigenvalue weighted by Gasteiger charge is -2.09. The Morgan fingerprint density at radius 2 is 1.81 bits per heavy atom. The highest BCUT2D eigenvalue weighted by Crippen LogP contribution is 2.24. The van der Waals surface area contributed by atoms with Crippen molar-refractivity contribution in [3.63, 3.8) is 0 Å². The van der Waals surface area contributed by atoms with E-state index in [1.165, 1.54) is 12.1 Å². The molecule has 2 aromatic rings. The first-order valence-electron chi connectivity index (χ1n) is 5.67. The van der Waals surface area contributed by atoms with E-state index in [4.69, 9.17) is 16.7 Å². The standard InChI is InChI=1S/C14H8ClF2NO3/c15-10-3-1-7(14(20)21)5-12(10)18-13(19)9-6-8(16)2-4-11(9)17/h1-6H,(H,18,19)(H,20,21). The summed E-state index contributed by atoms with van der Waals surface area (Å²) in [5.41, 5.74) is -0.619. The molecule has 2 aromatic carbocycles. The maximum atomic E-state index is 13.5. The molecule has 108 valence electrons. The van der Waals surface area contributed by atoms with Crippen molar-refractivity contribution in [3.05, 3.63) is 64.2 Å². The third-order valence-corrected chi connectivity index (χ3v) is 2.96. The lowest BCUT2D eigenvalue weighted by molar-refractivity contribution is 0.0696. The van der Waals surface area contributed by atoms with E-state index in [2.05, 4.69) is 5.32 Å². The van der Waals surface area contributed by atoms with Gasteiger partial charge in [-0.05, 0) is 36.4 Å². The van der Waals surface area contributed by atoms with Gasteiger partial charge in [0.15, 0.2) is 0 Å². The predicted octanol–water partition coefficient (Wildman–Crippen LogP) is 3.57. The molecule has 2 rings (SSSR count). The number of hydrogen-bond donors (Lipinski definition) is 2. The van der Waals surface area contributed by atoms with Gasteiger partial charge in [-0.25, -0.2) is 13.6 Å². The molecule has 1 amide bonds. The van der Waals surface area contributed by atoms with Gasteiger partial charge in [0.1, 0.15) is 11.6 Å². The molecule has 0 saturated carbocycles. The molecular formula is C14H8ClF2NO3. The zero-order valence-corrected chi connectivity index (χ0v) is 11.1. The van der Waals surface area contributed by atoms with Crippen LogP contribution in [0.2, 0.25) is 5.02 Å². The maximum Gasteiger partial charge on any atom is 0.335 e. The van der Waals surface area contributed by atoms with Crippen LogP contribution in [0.25, 0.3) is 0 Å². The minimum absolute atomic E-state index is 0.00905. The third-order valence-electron chi connectivity index (χ3n) is 2.63. The van der Waals surface area contributed by atoms with Crippen molar-refractivity contribution in [2.75, 3.05) is 5.32 Å². The Bertz CT molecular complexity index is 734. The Kier molecular flexibility index (Phi) is 4.18. The van der Waals surface area contributed by atoms with Crippen LogP contribution in [0.15, 0.2) is 36.4 Å². The fourth-order valence-corrected chi connectivity index (χ4v) is 1.78. The summed E-state index contributed by atoms with van der Waals surface area (Å²) in [5, 5.41) is 11.2. The minimum Gasteiger partial charge on any atom is -0.478 e. The molecule has 0 atom stereocenters. The van der Waals surface area contributed by atoms with E-state index >= 15 is 0 Å². The number of carbonyl (C=O) groups excluding carboxylic acids is 1. The molecule has 2 N–H and O–H groups in total. The van der Waals surface area contributed by atoms with Crippen LogP contribution in [0, 0.1) is 11.6 Å². The molecule has 0 aliphatic rings. The van der Waals surface area contributed by atoms with Gasteiger partial charge in [-0.15, -0.1) is 0 Å². The zero-order valence-electron chi connectivity index (χ0n) is 10.4. The highest BCUT2D eigenvalue weighted by Gasteiger charge is 2.15. The SMILES string of the molecule is O=C(O)c1ccc(Cl)c(NC(=O)c2cc(F)ccc2F)c1. The first kappa shape index (κ1) is 14.9. The van der Waals surface area contributed by atoms with Gasteiger partial charge in [0.25, 0.3) is 5.91 Å². The van der Waals surface area contributed by atoms with Gasteiger partial charge in [0.2, 0.25) is 0 Å². The average Bonchev–Trinajstić information content (AvgIpc) is 2.43. The van der Waals surface area contributed by atoms with E-state index < -0.39 is 29.1 Å². The van der Waals surface area contributed by atoms with Crippen LogP contribution >= 0.6 is 11.6 Å². The molecule has 0 aliphatic carbocycles. The zero-order chi connectivity index (χ0) is 15.6. The van der Waals surface area contributed by atoms with Crippen LogP contribution in [-0.4, -0.2) is 17.0 Å². The Morgan fingerprint density at radius 1 is 1.10 bits per heavy atom. The van der Waals surface area contributed by atoms with E-state index in [0.717, 1.165) is 24.3 Å². The molecule has 0 saturated heterocycles. The van der Waals surface area contributed by atoms with Crippen LogP contribution in [0.1, 0.15) is 20.7 Å². The van der Waals surface area contributed by atoms with Crippen molar-refractivity contribution in [2.24, 2.45) is 0 Å². The van der Waals surface area contributed by atoms with Crippen LogP contribution < -0.4 is 5.32 Å². The first-order chi connectivity index (χ1) is 9.88. The van der Waals surface area contributed by atoms with Gasteiger partial charge in [-0.1, -0.05) is 11.6 Å². The van der Waals surface area contributed by atoms with E-state index in [9.17, 15) is 18.4 Å².